The summed E-state index contributed by atoms with van der Waals surface area (Å²) in [5, 5.41) is 0. The molecular formula is C49H39N3O2. The predicted molar refractivity (Wildman–Crippen MR) is 219 cm³/mol. The molecule has 0 bridgehead atoms. The van der Waals surface area contributed by atoms with Gasteiger partial charge in [-0.1, -0.05) is 115 Å². The number of carbonyl (C=O) groups is 2. The summed E-state index contributed by atoms with van der Waals surface area (Å²) in [7, 11) is 0. The highest BCUT2D eigenvalue weighted by Gasteiger charge is 2.29. The summed E-state index contributed by atoms with van der Waals surface area (Å²) in [5.41, 5.74) is 13.3. The van der Waals surface area contributed by atoms with Gasteiger partial charge in [0.05, 0.1) is 22.8 Å². The van der Waals surface area contributed by atoms with E-state index in [9.17, 15) is 9.59 Å². The first-order chi connectivity index (χ1) is 26.5. The Morgan fingerprint density at radius 2 is 1.04 bits per heavy atom. The summed E-state index contributed by atoms with van der Waals surface area (Å²) in [5.74, 6) is -0.157. The Hall–Kier alpha value is -6.59. The molecule has 2 aliphatic carbocycles. The van der Waals surface area contributed by atoms with Crippen molar-refractivity contribution in [2.24, 2.45) is 0 Å². The van der Waals surface area contributed by atoms with Crippen molar-refractivity contribution in [3.63, 3.8) is 0 Å². The van der Waals surface area contributed by atoms with Crippen molar-refractivity contribution >= 4 is 29.3 Å². The Kier molecular flexibility index (Phi) is 9.69. The van der Waals surface area contributed by atoms with E-state index >= 15 is 0 Å². The van der Waals surface area contributed by atoms with Crippen LogP contribution in [0.5, 0.6) is 0 Å². The Bertz CT molecular complexity index is 2530. The van der Waals surface area contributed by atoms with Gasteiger partial charge in [-0.2, -0.15) is 0 Å². The van der Waals surface area contributed by atoms with E-state index in [4.69, 9.17) is 15.0 Å². The maximum Gasteiger partial charge on any atom is 0.207 e. The summed E-state index contributed by atoms with van der Waals surface area (Å²) >= 11 is 0. The molecule has 0 atom stereocenters. The van der Waals surface area contributed by atoms with Crippen LogP contribution in [0.2, 0.25) is 0 Å². The third-order valence-electron chi connectivity index (χ3n) is 10.2. The van der Waals surface area contributed by atoms with Gasteiger partial charge in [-0.05, 0) is 115 Å². The molecule has 0 aliphatic heterocycles. The van der Waals surface area contributed by atoms with Crippen LogP contribution < -0.4 is 0 Å². The van der Waals surface area contributed by atoms with Crippen LogP contribution in [0.1, 0.15) is 75.9 Å². The molecule has 0 saturated carbocycles. The smallest absolute Gasteiger partial charge is 0.207 e. The second-order valence-corrected chi connectivity index (χ2v) is 13.6. The van der Waals surface area contributed by atoms with E-state index in [1.54, 1.807) is 0 Å². The number of carbonyl (C=O) groups excluding carboxylic acids is 2. The van der Waals surface area contributed by atoms with Gasteiger partial charge in [0, 0.05) is 16.7 Å². The lowest BCUT2D eigenvalue weighted by Crippen LogP contribution is -2.18. The summed E-state index contributed by atoms with van der Waals surface area (Å²) in [6.45, 7) is 3.96. The SMILES string of the molecule is C/C=C\C(=C/C)c1cc(-c2ccccc2)c2c(n1)C(=O)/C(=C/c1cccc(/C=C3\CCc4c(-c5ccccc5)cc(-c5ccccc5)nc4C3=O)n1)CC2. The summed E-state index contributed by atoms with van der Waals surface area (Å²) in [4.78, 5) is 43.2. The van der Waals surface area contributed by atoms with Gasteiger partial charge in [0.1, 0.15) is 11.4 Å². The van der Waals surface area contributed by atoms with Gasteiger partial charge in [0.25, 0.3) is 0 Å². The third-order valence-corrected chi connectivity index (χ3v) is 10.2. The highest BCUT2D eigenvalue weighted by Crippen LogP contribution is 2.37. The molecule has 5 nitrogen and oxygen atoms in total. The van der Waals surface area contributed by atoms with Gasteiger partial charge >= 0.3 is 0 Å². The molecule has 0 amide bonds. The zero-order chi connectivity index (χ0) is 37.0. The number of pyridine rings is 3. The Morgan fingerprint density at radius 1 is 0.537 bits per heavy atom. The number of hydrogen-bond donors (Lipinski definition) is 0. The van der Waals surface area contributed by atoms with Gasteiger partial charge in [0.15, 0.2) is 0 Å². The summed E-state index contributed by atoms with van der Waals surface area (Å²) < 4.78 is 0. The predicted octanol–water partition coefficient (Wildman–Crippen LogP) is 11.3. The first-order valence-electron chi connectivity index (χ1n) is 18.5. The monoisotopic (exact) mass is 701 g/mol. The third kappa shape index (κ3) is 6.84. The summed E-state index contributed by atoms with van der Waals surface area (Å²) in [6, 6.07) is 40.4. The van der Waals surface area contributed by atoms with Crippen LogP contribution in [0.15, 0.2) is 151 Å². The van der Waals surface area contributed by atoms with E-state index in [-0.39, 0.29) is 11.6 Å². The van der Waals surface area contributed by atoms with Gasteiger partial charge in [-0.3, -0.25) is 9.59 Å². The first-order valence-corrected chi connectivity index (χ1v) is 18.5. The van der Waals surface area contributed by atoms with Crippen molar-refractivity contribution in [3.8, 4) is 33.5 Å². The van der Waals surface area contributed by atoms with Crippen LogP contribution in [0, 0.1) is 0 Å². The molecule has 3 aromatic heterocycles. The second kappa shape index (κ2) is 15.2. The molecule has 5 heteroatoms. The lowest BCUT2D eigenvalue weighted by Gasteiger charge is -2.22. The number of fused-ring (bicyclic) bond motifs is 2. The minimum Gasteiger partial charge on any atom is -0.287 e. The molecule has 262 valence electrons. The van der Waals surface area contributed by atoms with Crippen LogP contribution in [-0.4, -0.2) is 26.5 Å². The molecule has 6 aromatic rings. The number of rotatable bonds is 7. The average Bonchev–Trinajstić information content (AvgIpc) is 3.22. The number of hydrogen-bond acceptors (Lipinski definition) is 5. The minimum atomic E-state index is -0.0784. The van der Waals surface area contributed by atoms with E-state index in [0.29, 0.717) is 59.6 Å². The number of allylic oxidation sites excluding steroid dienone is 6. The molecule has 54 heavy (non-hydrogen) atoms. The maximum atomic E-state index is 14.2. The second-order valence-electron chi connectivity index (χ2n) is 13.6. The quantitative estimate of drug-likeness (QED) is 0.122. The number of nitrogens with zero attached hydrogens (tertiary/aromatic N) is 3. The highest BCUT2D eigenvalue weighted by atomic mass is 16.1. The Labute approximate surface area is 316 Å². The molecule has 8 rings (SSSR count). The molecule has 0 spiro atoms. The van der Waals surface area contributed by atoms with Crippen molar-refractivity contribution < 1.29 is 9.59 Å². The lowest BCUT2D eigenvalue weighted by molar-refractivity contribution is 0.101. The molecule has 2 aliphatic rings. The zero-order valence-corrected chi connectivity index (χ0v) is 30.4. The average molecular weight is 702 g/mol. The van der Waals surface area contributed by atoms with E-state index in [0.717, 1.165) is 55.9 Å². The zero-order valence-electron chi connectivity index (χ0n) is 30.4. The van der Waals surface area contributed by atoms with Crippen molar-refractivity contribution in [1.29, 1.82) is 0 Å². The number of benzene rings is 3. The molecule has 0 N–H and O–H groups in total. The van der Waals surface area contributed by atoms with Crippen molar-refractivity contribution in [2.75, 3.05) is 0 Å². The van der Waals surface area contributed by atoms with Crippen molar-refractivity contribution in [3.05, 3.63) is 190 Å². The number of aromatic nitrogens is 3. The molecule has 3 heterocycles. The molecule has 0 fully saturated rings. The van der Waals surface area contributed by atoms with Crippen LogP contribution in [0.25, 0.3) is 51.2 Å². The largest absolute Gasteiger partial charge is 0.287 e. The molecule has 0 unspecified atom stereocenters. The lowest BCUT2D eigenvalue weighted by atomic mass is 9.84. The van der Waals surface area contributed by atoms with E-state index < -0.39 is 0 Å². The van der Waals surface area contributed by atoms with E-state index in [2.05, 4.69) is 36.4 Å². The Balaban J connectivity index is 1.13. The van der Waals surface area contributed by atoms with E-state index in [1.165, 1.54) is 0 Å². The molecular weight excluding hydrogens is 663 g/mol. The highest BCUT2D eigenvalue weighted by molar-refractivity contribution is 6.14. The van der Waals surface area contributed by atoms with Crippen LogP contribution in [-0.2, 0) is 12.8 Å². The fourth-order valence-corrected chi connectivity index (χ4v) is 7.50. The molecule has 3 aromatic carbocycles. The maximum absolute atomic E-state index is 14.2. The minimum absolute atomic E-state index is 0.0784. The van der Waals surface area contributed by atoms with Crippen LogP contribution in [0.3, 0.4) is 0 Å². The van der Waals surface area contributed by atoms with Gasteiger partial charge in [-0.25, -0.2) is 15.0 Å². The first kappa shape index (κ1) is 34.5. The van der Waals surface area contributed by atoms with E-state index in [1.807, 2.05) is 129 Å². The fourth-order valence-electron chi connectivity index (χ4n) is 7.50. The van der Waals surface area contributed by atoms with Crippen molar-refractivity contribution in [1.82, 2.24) is 15.0 Å². The molecule has 0 saturated heterocycles. The standard InChI is InChI=1S/C49H39N3O2/c1-3-15-32(4-2)44-30-42(33-16-8-5-9-17-33)40-26-24-36(48(53)46(40)51-44)28-38-22-14-23-39(50-38)29-37-25-27-41-43(34-18-10-6-11-19-34)31-45(52-47(41)49(37)54)35-20-12-7-13-21-35/h3-23,28-31H,24-27H2,1-2H3/b15-3-,32-4+,36-28+,37-29+. The Morgan fingerprint density at radius 3 is 1.56 bits per heavy atom. The van der Waals surface area contributed by atoms with Crippen molar-refractivity contribution in [2.45, 2.75) is 39.5 Å². The van der Waals surface area contributed by atoms with Gasteiger partial charge < -0.3 is 0 Å². The fraction of sp³-hybridized carbons (Fsp3) is 0.122. The number of ketones is 2. The van der Waals surface area contributed by atoms with Gasteiger partial charge in [0.2, 0.25) is 11.6 Å². The van der Waals surface area contributed by atoms with Crippen LogP contribution in [0.4, 0.5) is 0 Å². The number of Topliss-reactive ketones (excluding diaryl/α,β-unsaturated/α-hetero) is 2. The summed E-state index contributed by atoms with van der Waals surface area (Å²) in [6.07, 6.45) is 12.3. The van der Waals surface area contributed by atoms with Crippen LogP contribution >= 0.6 is 0 Å². The van der Waals surface area contributed by atoms with Gasteiger partial charge in [-0.15, -0.1) is 0 Å². The normalized spacial score (nSPS) is 15.9. The topological polar surface area (TPSA) is 72.8 Å². The molecule has 0 radical (unpaired) electrons.